The molecule has 1 saturated heterocycles. The van der Waals surface area contributed by atoms with E-state index in [0.29, 0.717) is 12.8 Å². The second-order valence-electron chi connectivity index (χ2n) is 6.66. The number of hydrogen-bond acceptors (Lipinski definition) is 3. The summed E-state index contributed by atoms with van der Waals surface area (Å²) in [6.07, 6.45) is 4.04. The Kier molecular flexibility index (Phi) is 6.64. The first-order valence-electron chi connectivity index (χ1n) is 8.72. The third-order valence-corrected chi connectivity index (χ3v) is 4.26. The maximum atomic E-state index is 12.7. The third kappa shape index (κ3) is 5.55. The quantitative estimate of drug-likeness (QED) is 0.832. The number of nitrogens with zero attached hydrogens (tertiary/aromatic N) is 1. The highest BCUT2D eigenvalue weighted by Crippen LogP contribution is 2.23. The number of piperidine rings is 1. The Morgan fingerprint density at radius 2 is 2.12 bits per heavy atom. The van der Waals surface area contributed by atoms with Crippen LogP contribution in [0.2, 0.25) is 0 Å². The number of carbonyl (C=O) groups is 2. The van der Waals surface area contributed by atoms with Crippen LogP contribution in [0.5, 0.6) is 5.75 Å². The number of amides is 1. The molecule has 24 heavy (non-hydrogen) atoms. The Labute approximate surface area is 143 Å². The van der Waals surface area contributed by atoms with Crippen LogP contribution < -0.4 is 4.74 Å². The molecular formula is C19H27NO4. The van der Waals surface area contributed by atoms with Crippen molar-refractivity contribution in [2.24, 2.45) is 0 Å². The highest BCUT2D eigenvalue weighted by atomic mass is 16.5. The molecule has 1 aromatic rings. The van der Waals surface area contributed by atoms with Gasteiger partial charge in [-0.05, 0) is 57.2 Å². The zero-order valence-electron chi connectivity index (χ0n) is 14.5. The van der Waals surface area contributed by atoms with Crippen LogP contribution in [0.1, 0.15) is 51.5 Å². The summed E-state index contributed by atoms with van der Waals surface area (Å²) in [7, 11) is 0. The van der Waals surface area contributed by atoms with E-state index in [-0.39, 0.29) is 24.5 Å². The van der Waals surface area contributed by atoms with Crippen molar-refractivity contribution >= 4 is 11.9 Å². The first-order valence-corrected chi connectivity index (χ1v) is 8.72. The number of benzene rings is 1. The van der Waals surface area contributed by atoms with E-state index >= 15 is 0 Å². The Bertz CT molecular complexity index is 570. The number of rotatable bonds is 7. The molecule has 1 fully saturated rings. The van der Waals surface area contributed by atoms with Gasteiger partial charge in [-0.1, -0.05) is 12.1 Å². The normalized spacial score (nSPS) is 17.8. The summed E-state index contributed by atoms with van der Waals surface area (Å²) < 4.78 is 5.68. The van der Waals surface area contributed by atoms with Gasteiger partial charge in [0, 0.05) is 19.0 Å². The molecule has 1 atom stereocenters. The van der Waals surface area contributed by atoms with Crippen molar-refractivity contribution in [3.8, 4) is 5.75 Å². The summed E-state index contributed by atoms with van der Waals surface area (Å²) in [4.78, 5) is 25.4. The zero-order valence-corrected chi connectivity index (χ0v) is 14.5. The monoisotopic (exact) mass is 333 g/mol. The first kappa shape index (κ1) is 18.3. The zero-order chi connectivity index (χ0) is 17.5. The van der Waals surface area contributed by atoms with Crippen LogP contribution in [0.25, 0.3) is 0 Å². The Morgan fingerprint density at radius 1 is 1.33 bits per heavy atom. The van der Waals surface area contributed by atoms with Crippen LogP contribution in [0.4, 0.5) is 0 Å². The van der Waals surface area contributed by atoms with Gasteiger partial charge in [0.05, 0.1) is 12.5 Å². The molecule has 0 aromatic heterocycles. The van der Waals surface area contributed by atoms with E-state index in [1.807, 2.05) is 43.0 Å². The fraction of sp³-hybridized carbons (Fsp3) is 0.579. The maximum Gasteiger partial charge on any atom is 0.303 e. The lowest BCUT2D eigenvalue weighted by Crippen LogP contribution is -2.44. The minimum atomic E-state index is -0.800. The summed E-state index contributed by atoms with van der Waals surface area (Å²) in [5, 5.41) is 8.89. The fourth-order valence-corrected chi connectivity index (χ4v) is 3.20. The standard InChI is InChI=1S/C19H27NO4/c1-14(2)24-17-8-5-6-15(12-17)13-18(21)20-11-4-3-7-16(20)9-10-19(22)23/h5-6,8,12,14,16H,3-4,7,9-11,13H2,1-2H3,(H,22,23). The number of ether oxygens (including phenoxy) is 1. The van der Waals surface area contributed by atoms with Gasteiger partial charge in [0.1, 0.15) is 5.75 Å². The minimum absolute atomic E-state index is 0.0532. The SMILES string of the molecule is CC(C)Oc1cccc(CC(=O)N2CCCCC2CCC(=O)O)c1. The second-order valence-corrected chi connectivity index (χ2v) is 6.66. The highest BCUT2D eigenvalue weighted by Gasteiger charge is 2.26. The number of carboxylic acid groups (broad SMARTS) is 1. The Balaban J connectivity index is 2.00. The van der Waals surface area contributed by atoms with E-state index in [0.717, 1.165) is 37.1 Å². The lowest BCUT2D eigenvalue weighted by atomic mass is 9.97. The molecule has 1 amide bonds. The van der Waals surface area contributed by atoms with Crippen LogP contribution >= 0.6 is 0 Å². The molecule has 5 heteroatoms. The number of carboxylic acids is 1. The van der Waals surface area contributed by atoms with E-state index < -0.39 is 5.97 Å². The molecule has 132 valence electrons. The van der Waals surface area contributed by atoms with E-state index in [9.17, 15) is 9.59 Å². The molecule has 0 saturated carbocycles. The molecule has 0 spiro atoms. The number of hydrogen-bond donors (Lipinski definition) is 1. The molecule has 1 aliphatic heterocycles. The van der Waals surface area contributed by atoms with E-state index in [1.165, 1.54) is 0 Å². The van der Waals surface area contributed by atoms with Crippen LogP contribution in [0.3, 0.4) is 0 Å². The lowest BCUT2D eigenvalue weighted by Gasteiger charge is -2.36. The second kappa shape index (κ2) is 8.71. The lowest BCUT2D eigenvalue weighted by molar-refractivity contribution is -0.139. The summed E-state index contributed by atoms with van der Waals surface area (Å²) in [5.41, 5.74) is 0.931. The number of aliphatic carboxylic acids is 1. The van der Waals surface area contributed by atoms with Crippen molar-refractivity contribution in [3.05, 3.63) is 29.8 Å². The average molecular weight is 333 g/mol. The molecule has 1 unspecified atom stereocenters. The van der Waals surface area contributed by atoms with Crippen LogP contribution in [0, 0.1) is 0 Å². The molecule has 1 aromatic carbocycles. The average Bonchev–Trinajstić information content (AvgIpc) is 2.53. The largest absolute Gasteiger partial charge is 0.491 e. The fourth-order valence-electron chi connectivity index (χ4n) is 3.20. The summed E-state index contributed by atoms with van der Waals surface area (Å²) >= 11 is 0. The molecule has 1 aliphatic rings. The number of carbonyl (C=O) groups excluding carboxylic acids is 1. The highest BCUT2D eigenvalue weighted by molar-refractivity contribution is 5.79. The summed E-state index contributed by atoms with van der Waals surface area (Å²) in [5.74, 6) is 0.0506. The van der Waals surface area contributed by atoms with E-state index in [2.05, 4.69) is 0 Å². The van der Waals surface area contributed by atoms with Gasteiger partial charge in [-0.25, -0.2) is 0 Å². The Hall–Kier alpha value is -2.04. The van der Waals surface area contributed by atoms with Gasteiger partial charge < -0.3 is 14.7 Å². The molecule has 0 bridgehead atoms. The van der Waals surface area contributed by atoms with Gasteiger partial charge in [-0.2, -0.15) is 0 Å². The molecule has 5 nitrogen and oxygen atoms in total. The molecule has 0 aliphatic carbocycles. The van der Waals surface area contributed by atoms with Crippen molar-refractivity contribution in [3.63, 3.8) is 0 Å². The van der Waals surface area contributed by atoms with E-state index in [1.54, 1.807) is 0 Å². The van der Waals surface area contributed by atoms with Crippen LogP contribution in [0.15, 0.2) is 24.3 Å². The molecule has 2 rings (SSSR count). The topological polar surface area (TPSA) is 66.8 Å². The van der Waals surface area contributed by atoms with E-state index in [4.69, 9.17) is 9.84 Å². The number of likely N-dealkylation sites (tertiary alicyclic amines) is 1. The van der Waals surface area contributed by atoms with Crippen molar-refractivity contribution in [2.45, 2.75) is 64.5 Å². The van der Waals surface area contributed by atoms with Gasteiger partial charge >= 0.3 is 5.97 Å². The van der Waals surface area contributed by atoms with Gasteiger partial charge in [-0.3, -0.25) is 9.59 Å². The first-order chi connectivity index (χ1) is 11.5. The molecular weight excluding hydrogens is 306 g/mol. The maximum absolute atomic E-state index is 12.7. The third-order valence-electron chi connectivity index (χ3n) is 4.26. The van der Waals surface area contributed by atoms with Gasteiger partial charge in [-0.15, -0.1) is 0 Å². The molecule has 1 N–H and O–H groups in total. The summed E-state index contributed by atoms with van der Waals surface area (Å²) in [6, 6.07) is 7.69. The predicted octanol–water partition coefficient (Wildman–Crippen LogP) is 3.26. The van der Waals surface area contributed by atoms with Crippen LogP contribution in [-0.4, -0.2) is 40.6 Å². The summed E-state index contributed by atoms with van der Waals surface area (Å²) in [6.45, 7) is 4.67. The van der Waals surface area contributed by atoms with Crippen molar-refractivity contribution < 1.29 is 19.4 Å². The van der Waals surface area contributed by atoms with Crippen LogP contribution in [-0.2, 0) is 16.0 Å². The minimum Gasteiger partial charge on any atom is -0.491 e. The van der Waals surface area contributed by atoms with Crippen molar-refractivity contribution in [2.75, 3.05) is 6.54 Å². The van der Waals surface area contributed by atoms with Gasteiger partial charge in [0.15, 0.2) is 0 Å². The van der Waals surface area contributed by atoms with Crippen molar-refractivity contribution in [1.82, 2.24) is 4.90 Å². The predicted molar refractivity (Wildman–Crippen MR) is 92.1 cm³/mol. The van der Waals surface area contributed by atoms with Gasteiger partial charge in [0.25, 0.3) is 0 Å². The van der Waals surface area contributed by atoms with Crippen molar-refractivity contribution in [1.29, 1.82) is 0 Å². The Morgan fingerprint density at radius 3 is 2.83 bits per heavy atom. The van der Waals surface area contributed by atoms with Gasteiger partial charge in [0.2, 0.25) is 5.91 Å². The molecule has 1 heterocycles. The molecule has 0 radical (unpaired) electrons. The smallest absolute Gasteiger partial charge is 0.303 e.